The SMILES string of the molecule is O=C(Nc1ccc(Cl)nn1)c1ccncc1O. The molecule has 1 amide bonds. The van der Waals surface area contributed by atoms with Gasteiger partial charge in [0.15, 0.2) is 11.0 Å². The predicted molar refractivity (Wildman–Crippen MR) is 60.9 cm³/mol. The molecule has 0 aliphatic heterocycles. The Labute approximate surface area is 101 Å². The average Bonchev–Trinajstić information content (AvgIpc) is 2.32. The smallest absolute Gasteiger partial charge is 0.260 e. The Morgan fingerprint density at radius 2 is 2.12 bits per heavy atom. The number of rotatable bonds is 2. The molecule has 0 unspecified atom stereocenters. The van der Waals surface area contributed by atoms with Crippen LogP contribution in [-0.4, -0.2) is 26.2 Å². The number of aromatic hydroxyl groups is 1. The zero-order chi connectivity index (χ0) is 12.3. The third-order valence-corrected chi connectivity index (χ3v) is 2.12. The number of hydrogen-bond acceptors (Lipinski definition) is 5. The molecule has 7 heteroatoms. The highest BCUT2D eigenvalue weighted by Gasteiger charge is 2.11. The van der Waals surface area contributed by atoms with E-state index < -0.39 is 5.91 Å². The van der Waals surface area contributed by atoms with E-state index in [1.165, 1.54) is 30.6 Å². The number of hydrogen-bond donors (Lipinski definition) is 2. The predicted octanol–water partition coefficient (Wildman–Crippen LogP) is 1.48. The molecule has 2 N–H and O–H groups in total. The van der Waals surface area contributed by atoms with Crippen molar-refractivity contribution >= 4 is 23.3 Å². The number of aromatic nitrogens is 3. The summed E-state index contributed by atoms with van der Waals surface area (Å²) in [7, 11) is 0. The molecule has 0 saturated carbocycles. The van der Waals surface area contributed by atoms with Crippen molar-refractivity contribution in [3.63, 3.8) is 0 Å². The highest BCUT2D eigenvalue weighted by atomic mass is 35.5. The molecule has 6 nitrogen and oxygen atoms in total. The molecule has 0 atom stereocenters. The lowest BCUT2D eigenvalue weighted by Gasteiger charge is -2.04. The third kappa shape index (κ3) is 2.67. The minimum atomic E-state index is -0.499. The van der Waals surface area contributed by atoms with Gasteiger partial charge >= 0.3 is 0 Å². The monoisotopic (exact) mass is 250 g/mol. The van der Waals surface area contributed by atoms with Crippen LogP contribution in [0.2, 0.25) is 5.15 Å². The fourth-order valence-electron chi connectivity index (χ4n) is 1.14. The summed E-state index contributed by atoms with van der Waals surface area (Å²) < 4.78 is 0. The van der Waals surface area contributed by atoms with Crippen molar-refractivity contribution in [1.82, 2.24) is 15.2 Å². The Morgan fingerprint density at radius 3 is 2.76 bits per heavy atom. The summed E-state index contributed by atoms with van der Waals surface area (Å²) in [6.45, 7) is 0. The fraction of sp³-hybridized carbons (Fsp3) is 0. The second kappa shape index (κ2) is 4.75. The van der Waals surface area contributed by atoms with E-state index in [0.717, 1.165) is 0 Å². The molecule has 0 radical (unpaired) electrons. The first kappa shape index (κ1) is 11.3. The Kier molecular flexibility index (Phi) is 3.15. The van der Waals surface area contributed by atoms with Crippen LogP contribution in [0, 0.1) is 0 Å². The van der Waals surface area contributed by atoms with Crippen LogP contribution in [0.15, 0.2) is 30.6 Å². The molecule has 2 aromatic rings. The van der Waals surface area contributed by atoms with Crippen LogP contribution in [0.4, 0.5) is 5.82 Å². The summed E-state index contributed by atoms with van der Waals surface area (Å²) in [5.74, 6) is -0.455. The molecule has 2 rings (SSSR count). The van der Waals surface area contributed by atoms with Gasteiger partial charge in [-0.3, -0.25) is 9.78 Å². The van der Waals surface area contributed by atoms with Crippen LogP contribution in [-0.2, 0) is 0 Å². The van der Waals surface area contributed by atoms with Gasteiger partial charge in [0.1, 0.15) is 5.75 Å². The highest BCUT2D eigenvalue weighted by molar-refractivity contribution is 6.29. The van der Waals surface area contributed by atoms with Crippen LogP contribution >= 0.6 is 11.6 Å². The largest absolute Gasteiger partial charge is 0.505 e. The van der Waals surface area contributed by atoms with Gasteiger partial charge in [0.05, 0.1) is 11.8 Å². The second-order valence-electron chi connectivity index (χ2n) is 3.09. The average molecular weight is 251 g/mol. The fourth-order valence-corrected chi connectivity index (χ4v) is 1.25. The number of amides is 1. The van der Waals surface area contributed by atoms with Gasteiger partial charge in [0.25, 0.3) is 5.91 Å². The van der Waals surface area contributed by atoms with Crippen LogP contribution in [0.25, 0.3) is 0 Å². The molecule has 0 aromatic carbocycles. The van der Waals surface area contributed by atoms with Crippen molar-refractivity contribution in [3.8, 4) is 5.75 Å². The van der Waals surface area contributed by atoms with Crippen molar-refractivity contribution in [2.45, 2.75) is 0 Å². The molecular formula is C10H7ClN4O2. The van der Waals surface area contributed by atoms with Crippen LogP contribution in [0.1, 0.15) is 10.4 Å². The van der Waals surface area contributed by atoms with E-state index in [1.54, 1.807) is 0 Å². The van der Waals surface area contributed by atoms with Gasteiger partial charge in [-0.25, -0.2) is 0 Å². The molecule has 0 spiro atoms. The minimum absolute atomic E-state index is 0.108. The van der Waals surface area contributed by atoms with Gasteiger partial charge in [-0.1, -0.05) is 11.6 Å². The summed E-state index contributed by atoms with van der Waals surface area (Å²) in [6, 6.07) is 4.40. The van der Waals surface area contributed by atoms with E-state index in [9.17, 15) is 9.90 Å². The molecule has 0 saturated heterocycles. The van der Waals surface area contributed by atoms with Gasteiger partial charge in [-0.15, -0.1) is 10.2 Å². The number of halogens is 1. The van der Waals surface area contributed by atoms with E-state index in [-0.39, 0.29) is 22.3 Å². The quantitative estimate of drug-likeness (QED) is 0.843. The van der Waals surface area contributed by atoms with E-state index >= 15 is 0 Å². The molecule has 0 bridgehead atoms. The topological polar surface area (TPSA) is 88.0 Å². The second-order valence-corrected chi connectivity index (χ2v) is 3.48. The van der Waals surface area contributed by atoms with Crippen molar-refractivity contribution in [1.29, 1.82) is 0 Å². The maximum Gasteiger partial charge on any atom is 0.260 e. The normalized spacial score (nSPS) is 9.94. The molecule has 0 aliphatic carbocycles. The number of carbonyl (C=O) groups is 1. The first-order chi connectivity index (χ1) is 8.16. The first-order valence-electron chi connectivity index (χ1n) is 4.60. The molecule has 2 aromatic heterocycles. The first-order valence-corrected chi connectivity index (χ1v) is 4.98. The summed E-state index contributed by atoms with van der Waals surface area (Å²) in [6.07, 6.45) is 2.59. The molecule has 0 fully saturated rings. The lowest BCUT2D eigenvalue weighted by Crippen LogP contribution is -2.13. The van der Waals surface area contributed by atoms with Crippen molar-refractivity contribution in [2.75, 3.05) is 5.32 Å². The van der Waals surface area contributed by atoms with Gasteiger partial charge in [-0.2, -0.15) is 0 Å². The molecule has 2 heterocycles. The van der Waals surface area contributed by atoms with E-state index in [1.807, 2.05) is 0 Å². The van der Waals surface area contributed by atoms with Gasteiger partial charge in [-0.05, 0) is 18.2 Å². The Bertz CT molecular complexity index is 544. The van der Waals surface area contributed by atoms with E-state index in [0.29, 0.717) is 0 Å². The number of nitrogens with one attached hydrogen (secondary N) is 1. The standard InChI is InChI=1S/C10H7ClN4O2/c11-8-1-2-9(15-14-8)13-10(17)6-3-4-12-5-7(6)16/h1-5,16H,(H,13,15,17). The zero-order valence-corrected chi connectivity index (χ0v) is 9.22. The van der Waals surface area contributed by atoms with Gasteiger partial charge < -0.3 is 10.4 Å². The molecular weight excluding hydrogens is 244 g/mol. The van der Waals surface area contributed by atoms with Crippen LogP contribution in [0.3, 0.4) is 0 Å². The Balaban J connectivity index is 2.17. The summed E-state index contributed by atoms with van der Waals surface area (Å²) in [5, 5.41) is 19.4. The van der Waals surface area contributed by atoms with Crippen LogP contribution < -0.4 is 5.32 Å². The number of carbonyl (C=O) groups excluding carboxylic acids is 1. The molecule has 17 heavy (non-hydrogen) atoms. The van der Waals surface area contributed by atoms with E-state index in [2.05, 4.69) is 20.5 Å². The summed E-state index contributed by atoms with van der Waals surface area (Å²) >= 11 is 5.56. The maximum absolute atomic E-state index is 11.7. The Morgan fingerprint density at radius 1 is 1.29 bits per heavy atom. The lowest BCUT2D eigenvalue weighted by atomic mass is 10.2. The van der Waals surface area contributed by atoms with E-state index in [4.69, 9.17) is 11.6 Å². The summed E-state index contributed by atoms with van der Waals surface area (Å²) in [4.78, 5) is 15.4. The van der Waals surface area contributed by atoms with Crippen LogP contribution in [0.5, 0.6) is 5.75 Å². The maximum atomic E-state index is 11.7. The third-order valence-electron chi connectivity index (χ3n) is 1.92. The number of nitrogens with zero attached hydrogens (tertiary/aromatic N) is 3. The van der Waals surface area contributed by atoms with Gasteiger partial charge in [0, 0.05) is 6.20 Å². The van der Waals surface area contributed by atoms with Crippen molar-refractivity contribution < 1.29 is 9.90 Å². The number of pyridine rings is 1. The summed E-state index contributed by atoms with van der Waals surface area (Å²) in [5.41, 5.74) is 0.108. The van der Waals surface area contributed by atoms with Gasteiger partial charge in [0.2, 0.25) is 0 Å². The minimum Gasteiger partial charge on any atom is -0.505 e. The molecule has 0 aliphatic rings. The van der Waals surface area contributed by atoms with Crippen molar-refractivity contribution in [3.05, 3.63) is 41.3 Å². The zero-order valence-electron chi connectivity index (χ0n) is 8.46. The number of anilines is 1. The highest BCUT2D eigenvalue weighted by Crippen LogP contribution is 2.15. The lowest BCUT2D eigenvalue weighted by molar-refractivity contribution is 0.102. The Hall–Kier alpha value is -2.21. The van der Waals surface area contributed by atoms with Crippen molar-refractivity contribution in [2.24, 2.45) is 0 Å². The molecule has 86 valence electrons.